The van der Waals surface area contributed by atoms with Crippen molar-refractivity contribution in [3.8, 4) is 0 Å². The Hall–Kier alpha value is -3.42. The highest BCUT2D eigenvalue weighted by atomic mass is 16.4. The Morgan fingerprint density at radius 3 is 2.31 bits per heavy atom. The van der Waals surface area contributed by atoms with Gasteiger partial charge in [-0.1, -0.05) is 60.7 Å². The second-order valence-corrected chi connectivity index (χ2v) is 8.01. The van der Waals surface area contributed by atoms with Gasteiger partial charge in [0, 0.05) is 55.4 Å². The number of aromatic nitrogens is 1. The molecule has 0 aliphatic carbocycles. The van der Waals surface area contributed by atoms with E-state index in [-0.39, 0.29) is 6.54 Å². The second kappa shape index (κ2) is 9.80. The van der Waals surface area contributed by atoms with Gasteiger partial charge in [0.1, 0.15) is 12.6 Å². The Morgan fingerprint density at radius 1 is 0.938 bits per heavy atom. The molecule has 1 aliphatic rings. The summed E-state index contributed by atoms with van der Waals surface area (Å²) in [7, 11) is 0. The first-order chi connectivity index (χ1) is 15.5. The van der Waals surface area contributed by atoms with E-state index in [0.29, 0.717) is 18.7 Å². The van der Waals surface area contributed by atoms with Gasteiger partial charge in [0.25, 0.3) is 0 Å². The van der Waals surface area contributed by atoms with Gasteiger partial charge >= 0.3 is 11.9 Å². The molecule has 166 valence electrons. The van der Waals surface area contributed by atoms with Crippen LogP contribution in [0.15, 0.2) is 66.9 Å². The summed E-state index contributed by atoms with van der Waals surface area (Å²) in [6.45, 7) is 3.43. The van der Waals surface area contributed by atoms with Crippen molar-refractivity contribution in [2.24, 2.45) is 0 Å². The number of nitrogens with zero attached hydrogens (tertiary/aromatic N) is 3. The number of rotatable bonds is 8. The Kier molecular flexibility index (Phi) is 6.68. The molecule has 7 heteroatoms. The van der Waals surface area contributed by atoms with E-state index in [1.54, 1.807) is 10.8 Å². The quantitative estimate of drug-likeness (QED) is 0.568. The number of hydrogen-bond donors (Lipinski definition) is 2. The van der Waals surface area contributed by atoms with Crippen LogP contribution in [0.4, 0.5) is 0 Å². The lowest BCUT2D eigenvalue weighted by Crippen LogP contribution is -2.49. The first-order valence-electron chi connectivity index (χ1n) is 10.7. The minimum Gasteiger partial charge on any atom is -0.480 e. The third-order valence-corrected chi connectivity index (χ3v) is 5.90. The van der Waals surface area contributed by atoms with Crippen LogP contribution in [0.3, 0.4) is 0 Å². The molecule has 0 bridgehead atoms. The van der Waals surface area contributed by atoms with Gasteiger partial charge < -0.3 is 14.8 Å². The summed E-state index contributed by atoms with van der Waals surface area (Å²) in [5, 5.41) is 20.1. The molecule has 0 saturated carbocycles. The van der Waals surface area contributed by atoms with Crippen LogP contribution in [0.2, 0.25) is 0 Å². The normalized spacial score (nSPS) is 16.5. The summed E-state index contributed by atoms with van der Waals surface area (Å²) in [6.07, 6.45) is 5.93. The van der Waals surface area contributed by atoms with E-state index < -0.39 is 18.0 Å². The fourth-order valence-corrected chi connectivity index (χ4v) is 4.36. The molecule has 0 unspecified atom stereocenters. The minimum absolute atomic E-state index is 0.200. The van der Waals surface area contributed by atoms with Crippen LogP contribution >= 0.6 is 0 Å². The van der Waals surface area contributed by atoms with E-state index in [2.05, 4.69) is 29.2 Å². The van der Waals surface area contributed by atoms with E-state index in [1.165, 1.54) is 0 Å². The molecule has 0 amide bonds. The molecule has 4 rings (SSSR count). The molecule has 1 atom stereocenters. The molecule has 1 aromatic heterocycles. The maximum Gasteiger partial charge on any atom is 0.325 e. The summed E-state index contributed by atoms with van der Waals surface area (Å²) < 4.78 is 1.62. The molecule has 3 aromatic rings. The van der Waals surface area contributed by atoms with Crippen molar-refractivity contribution in [3.63, 3.8) is 0 Å². The van der Waals surface area contributed by atoms with Gasteiger partial charge in [-0.05, 0) is 11.6 Å². The van der Waals surface area contributed by atoms with Crippen LogP contribution in [-0.2, 0) is 16.1 Å². The van der Waals surface area contributed by atoms with E-state index in [1.807, 2.05) is 47.4 Å². The summed E-state index contributed by atoms with van der Waals surface area (Å²) in [4.78, 5) is 27.9. The number of benzene rings is 2. The highest BCUT2D eigenvalue weighted by Crippen LogP contribution is 2.31. The number of hydrogen-bond acceptors (Lipinski definition) is 4. The smallest absolute Gasteiger partial charge is 0.325 e. The van der Waals surface area contributed by atoms with E-state index in [0.717, 1.165) is 36.1 Å². The second-order valence-electron chi connectivity index (χ2n) is 8.01. The van der Waals surface area contributed by atoms with Gasteiger partial charge in [0.05, 0.1) is 0 Å². The van der Waals surface area contributed by atoms with Crippen molar-refractivity contribution >= 4 is 28.9 Å². The van der Waals surface area contributed by atoms with Crippen LogP contribution in [0.25, 0.3) is 17.0 Å². The van der Waals surface area contributed by atoms with Crippen LogP contribution < -0.4 is 0 Å². The van der Waals surface area contributed by atoms with E-state index >= 15 is 0 Å². The molecule has 1 aliphatic heterocycles. The summed E-state index contributed by atoms with van der Waals surface area (Å²) in [6, 6.07) is 16.7. The topological polar surface area (TPSA) is 86.0 Å². The van der Waals surface area contributed by atoms with Gasteiger partial charge in [-0.15, -0.1) is 0 Å². The zero-order valence-electron chi connectivity index (χ0n) is 17.8. The average Bonchev–Trinajstić information content (AvgIpc) is 3.13. The van der Waals surface area contributed by atoms with Crippen molar-refractivity contribution < 1.29 is 19.8 Å². The fraction of sp³-hybridized carbons (Fsp3) is 0.280. The number of aliphatic carboxylic acids is 2. The molecule has 0 radical (unpaired) electrons. The lowest BCUT2D eigenvalue weighted by Gasteiger charge is -2.37. The number of carboxylic acid groups (broad SMARTS) is 2. The number of carboxylic acids is 2. The summed E-state index contributed by atoms with van der Waals surface area (Å²) >= 11 is 0. The van der Waals surface area contributed by atoms with Gasteiger partial charge in [-0.25, -0.2) is 0 Å². The molecule has 7 nitrogen and oxygen atoms in total. The Bertz CT molecular complexity index is 1110. The van der Waals surface area contributed by atoms with Crippen LogP contribution in [0.5, 0.6) is 0 Å². The van der Waals surface area contributed by atoms with Crippen molar-refractivity contribution in [3.05, 3.63) is 78.0 Å². The average molecular weight is 434 g/mol. The number of piperazine rings is 1. The third-order valence-electron chi connectivity index (χ3n) is 5.90. The molecular weight excluding hydrogens is 406 g/mol. The SMILES string of the molecule is O=C(O)Cn1cc([C@@H](C(=O)O)N2CCN(C/C=C/c3ccccc3)CC2)c2ccccc21. The van der Waals surface area contributed by atoms with E-state index in [9.17, 15) is 19.8 Å². The van der Waals surface area contributed by atoms with Gasteiger partial charge in [-0.2, -0.15) is 0 Å². The largest absolute Gasteiger partial charge is 0.480 e. The molecule has 0 spiro atoms. The summed E-state index contributed by atoms with van der Waals surface area (Å²) in [5.74, 6) is -1.87. The molecule has 1 fully saturated rings. The maximum absolute atomic E-state index is 12.3. The molecule has 2 heterocycles. The molecule has 2 aromatic carbocycles. The third kappa shape index (κ3) is 4.90. The van der Waals surface area contributed by atoms with Gasteiger partial charge in [0.15, 0.2) is 0 Å². The predicted octanol–water partition coefficient (Wildman–Crippen LogP) is 3.18. The van der Waals surface area contributed by atoms with Crippen molar-refractivity contribution in [1.29, 1.82) is 0 Å². The Balaban J connectivity index is 1.47. The first kappa shape index (κ1) is 21.8. The van der Waals surface area contributed by atoms with Crippen LogP contribution in [0, 0.1) is 0 Å². The lowest BCUT2D eigenvalue weighted by molar-refractivity contribution is -0.144. The zero-order valence-corrected chi connectivity index (χ0v) is 17.8. The van der Waals surface area contributed by atoms with Crippen molar-refractivity contribution in [2.75, 3.05) is 32.7 Å². The van der Waals surface area contributed by atoms with Crippen molar-refractivity contribution in [1.82, 2.24) is 14.4 Å². The standard InChI is InChI=1S/C25H27N3O4/c29-23(30)18-28-17-21(20-10-4-5-11-22(20)28)24(25(31)32)27-15-13-26(14-16-27)12-6-9-19-7-2-1-3-8-19/h1-11,17,24H,12-16,18H2,(H,29,30)(H,31,32)/b9-6+/t24-/m0/s1. The van der Waals surface area contributed by atoms with Crippen LogP contribution in [0.1, 0.15) is 17.2 Å². The highest BCUT2D eigenvalue weighted by Gasteiger charge is 2.32. The lowest BCUT2D eigenvalue weighted by atomic mass is 10.0. The minimum atomic E-state index is -0.957. The highest BCUT2D eigenvalue weighted by molar-refractivity contribution is 5.90. The number of para-hydroxylation sites is 1. The Labute approximate surface area is 186 Å². The fourth-order valence-electron chi connectivity index (χ4n) is 4.36. The number of carbonyl (C=O) groups is 2. The number of fused-ring (bicyclic) bond motifs is 1. The molecule has 32 heavy (non-hydrogen) atoms. The van der Waals surface area contributed by atoms with Crippen LogP contribution in [-0.4, -0.2) is 69.2 Å². The molecule has 2 N–H and O–H groups in total. The monoisotopic (exact) mass is 433 g/mol. The van der Waals surface area contributed by atoms with Gasteiger partial charge in [0.2, 0.25) is 0 Å². The Morgan fingerprint density at radius 2 is 1.62 bits per heavy atom. The summed E-state index contributed by atoms with van der Waals surface area (Å²) in [5.41, 5.74) is 2.54. The first-order valence-corrected chi connectivity index (χ1v) is 10.7. The predicted molar refractivity (Wildman–Crippen MR) is 123 cm³/mol. The van der Waals surface area contributed by atoms with Crippen molar-refractivity contribution in [2.45, 2.75) is 12.6 Å². The molecule has 1 saturated heterocycles. The zero-order chi connectivity index (χ0) is 22.5. The maximum atomic E-state index is 12.3. The van der Waals surface area contributed by atoms with Gasteiger partial charge in [-0.3, -0.25) is 19.4 Å². The molecular formula is C25H27N3O4. The van der Waals surface area contributed by atoms with E-state index in [4.69, 9.17) is 0 Å².